The van der Waals surface area contributed by atoms with Gasteiger partial charge in [-0.3, -0.25) is 0 Å². The Morgan fingerprint density at radius 1 is 1.10 bits per heavy atom. The molecule has 1 rings (SSSR count). The number of aryl methyl sites for hydroxylation is 1. The zero-order valence-electron chi connectivity index (χ0n) is 13.1. The third-order valence-electron chi connectivity index (χ3n) is 3.51. The van der Waals surface area contributed by atoms with Crippen LogP contribution in [0.15, 0.2) is 24.3 Å². The molecule has 0 aliphatic carbocycles. The summed E-state index contributed by atoms with van der Waals surface area (Å²) in [4.78, 5) is 0. The monoisotopic (exact) mass is 273 g/mol. The first kappa shape index (κ1) is 16.6. The lowest BCUT2D eigenvalue weighted by Crippen LogP contribution is -2.08. The van der Waals surface area contributed by atoms with Gasteiger partial charge in [-0.2, -0.15) is 5.26 Å². The van der Waals surface area contributed by atoms with Gasteiger partial charge in [0.2, 0.25) is 0 Å². The minimum Gasteiger partial charge on any atom is -0.494 e. The highest BCUT2D eigenvalue weighted by Gasteiger charge is 2.15. The van der Waals surface area contributed by atoms with Crippen LogP contribution in [0.3, 0.4) is 0 Å². The number of ether oxygens (including phenoxy) is 1. The van der Waals surface area contributed by atoms with E-state index in [0.29, 0.717) is 0 Å². The number of hydrogen-bond donors (Lipinski definition) is 0. The number of nitrogens with zero attached hydrogens (tertiary/aromatic N) is 1. The summed E-state index contributed by atoms with van der Waals surface area (Å²) in [5, 5.41) is 8.93. The van der Waals surface area contributed by atoms with Crippen molar-refractivity contribution in [1.82, 2.24) is 0 Å². The molecule has 0 bridgehead atoms. The van der Waals surface area contributed by atoms with Crippen molar-refractivity contribution in [3.63, 3.8) is 0 Å². The van der Waals surface area contributed by atoms with Gasteiger partial charge in [0.05, 0.1) is 18.1 Å². The number of benzene rings is 1. The summed E-state index contributed by atoms with van der Waals surface area (Å²) in [6, 6.07) is 10.8. The molecule has 110 valence electrons. The maximum absolute atomic E-state index is 8.93. The lowest BCUT2D eigenvalue weighted by atomic mass is 9.89. The molecule has 0 spiro atoms. The normalized spacial score (nSPS) is 11.1. The highest BCUT2D eigenvalue weighted by atomic mass is 16.5. The molecular formula is C18H27NO. The molecule has 0 radical (unpaired) electrons. The van der Waals surface area contributed by atoms with E-state index in [-0.39, 0.29) is 5.41 Å². The van der Waals surface area contributed by atoms with E-state index in [4.69, 9.17) is 10.00 Å². The van der Waals surface area contributed by atoms with Crippen molar-refractivity contribution in [2.24, 2.45) is 5.41 Å². The van der Waals surface area contributed by atoms with Crippen molar-refractivity contribution in [1.29, 1.82) is 5.26 Å². The molecule has 0 saturated heterocycles. The first-order chi connectivity index (χ1) is 9.57. The molecule has 0 unspecified atom stereocenters. The second kappa shape index (κ2) is 8.64. The fraction of sp³-hybridized carbons (Fsp3) is 0.611. The third-order valence-corrected chi connectivity index (χ3v) is 3.51. The van der Waals surface area contributed by atoms with Crippen molar-refractivity contribution in [2.45, 2.75) is 59.3 Å². The van der Waals surface area contributed by atoms with Gasteiger partial charge in [-0.05, 0) is 63.6 Å². The maximum Gasteiger partial charge on any atom is 0.119 e. The summed E-state index contributed by atoms with van der Waals surface area (Å²) in [6.45, 7) is 6.92. The van der Waals surface area contributed by atoms with Crippen LogP contribution in [0.1, 0.15) is 58.4 Å². The molecule has 0 N–H and O–H groups in total. The number of unbranched alkanes of at least 4 members (excludes halogenated alkanes) is 2. The van der Waals surface area contributed by atoms with E-state index in [2.05, 4.69) is 37.3 Å². The van der Waals surface area contributed by atoms with Crippen LogP contribution in [-0.2, 0) is 6.42 Å². The minimum atomic E-state index is -0.207. The van der Waals surface area contributed by atoms with Gasteiger partial charge < -0.3 is 4.74 Å². The fourth-order valence-electron chi connectivity index (χ4n) is 2.05. The predicted octanol–water partition coefficient (Wildman–Crippen LogP) is 5.13. The molecule has 0 aromatic heterocycles. The van der Waals surface area contributed by atoms with E-state index in [1.807, 2.05) is 13.8 Å². The molecule has 0 amide bonds. The Bertz CT molecular complexity index is 414. The average Bonchev–Trinajstić information content (AvgIpc) is 2.46. The van der Waals surface area contributed by atoms with Crippen molar-refractivity contribution in [3.8, 4) is 11.8 Å². The topological polar surface area (TPSA) is 33.0 Å². The van der Waals surface area contributed by atoms with E-state index < -0.39 is 0 Å². The standard InChI is InChI=1S/C18H27NO/c1-4-5-8-16-9-11-17(12-10-16)20-14-7-6-13-18(2,3)15-19/h9-12H,4-8,13-14H2,1-3H3. The summed E-state index contributed by atoms with van der Waals surface area (Å²) in [7, 11) is 0. The molecule has 0 atom stereocenters. The SMILES string of the molecule is CCCCc1ccc(OCCCCC(C)(C)C#N)cc1. The summed E-state index contributed by atoms with van der Waals surface area (Å²) >= 11 is 0. The molecule has 0 heterocycles. The molecule has 0 aliphatic rings. The van der Waals surface area contributed by atoms with Gasteiger partial charge in [0, 0.05) is 0 Å². The molecular weight excluding hydrogens is 246 g/mol. The lowest BCUT2D eigenvalue weighted by Gasteiger charge is -2.14. The van der Waals surface area contributed by atoms with Crippen molar-refractivity contribution >= 4 is 0 Å². The van der Waals surface area contributed by atoms with E-state index in [1.54, 1.807) is 0 Å². The maximum atomic E-state index is 8.93. The number of rotatable bonds is 9. The Balaban J connectivity index is 2.21. The molecule has 1 aromatic carbocycles. The summed E-state index contributed by atoms with van der Waals surface area (Å²) in [5.74, 6) is 0.949. The van der Waals surface area contributed by atoms with E-state index >= 15 is 0 Å². The van der Waals surface area contributed by atoms with Gasteiger partial charge in [0.15, 0.2) is 0 Å². The second-order valence-corrected chi connectivity index (χ2v) is 6.05. The highest BCUT2D eigenvalue weighted by molar-refractivity contribution is 5.27. The first-order valence-corrected chi connectivity index (χ1v) is 7.70. The predicted molar refractivity (Wildman–Crippen MR) is 83.8 cm³/mol. The zero-order chi connectivity index (χ0) is 14.8. The third kappa shape index (κ3) is 6.61. The molecule has 0 fully saturated rings. The van der Waals surface area contributed by atoms with Gasteiger partial charge in [-0.15, -0.1) is 0 Å². The van der Waals surface area contributed by atoms with E-state index in [1.165, 1.54) is 18.4 Å². The van der Waals surface area contributed by atoms with Crippen LogP contribution >= 0.6 is 0 Å². The summed E-state index contributed by atoms with van der Waals surface area (Å²) in [5.41, 5.74) is 1.18. The summed E-state index contributed by atoms with van der Waals surface area (Å²) in [6.07, 6.45) is 6.60. The Kier molecular flexibility index (Phi) is 7.15. The van der Waals surface area contributed by atoms with Crippen LogP contribution in [0.25, 0.3) is 0 Å². The number of nitriles is 1. The van der Waals surface area contributed by atoms with Gasteiger partial charge in [0.1, 0.15) is 5.75 Å². The smallest absolute Gasteiger partial charge is 0.119 e. The molecule has 0 saturated carbocycles. The van der Waals surface area contributed by atoms with Crippen LogP contribution in [0.5, 0.6) is 5.75 Å². The van der Waals surface area contributed by atoms with Crippen LogP contribution in [0.2, 0.25) is 0 Å². The molecule has 0 aliphatic heterocycles. The second-order valence-electron chi connectivity index (χ2n) is 6.05. The average molecular weight is 273 g/mol. The molecule has 2 heteroatoms. The largest absolute Gasteiger partial charge is 0.494 e. The molecule has 1 aromatic rings. The van der Waals surface area contributed by atoms with Crippen molar-refractivity contribution in [2.75, 3.05) is 6.61 Å². The minimum absolute atomic E-state index is 0.207. The van der Waals surface area contributed by atoms with Crippen LogP contribution in [0, 0.1) is 16.7 Å². The Morgan fingerprint density at radius 2 is 1.80 bits per heavy atom. The van der Waals surface area contributed by atoms with Crippen LogP contribution in [0.4, 0.5) is 0 Å². The van der Waals surface area contributed by atoms with Crippen LogP contribution < -0.4 is 4.74 Å². The van der Waals surface area contributed by atoms with E-state index in [9.17, 15) is 0 Å². The first-order valence-electron chi connectivity index (χ1n) is 7.70. The molecule has 20 heavy (non-hydrogen) atoms. The summed E-state index contributed by atoms with van der Waals surface area (Å²) < 4.78 is 5.73. The van der Waals surface area contributed by atoms with E-state index in [0.717, 1.165) is 38.0 Å². The van der Waals surface area contributed by atoms with Crippen molar-refractivity contribution in [3.05, 3.63) is 29.8 Å². The highest BCUT2D eigenvalue weighted by Crippen LogP contribution is 2.22. The van der Waals surface area contributed by atoms with Crippen LogP contribution in [-0.4, -0.2) is 6.61 Å². The Morgan fingerprint density at radius 3 is 2.40 bits per heavy atom. The van der Waals surface area contributed by atoms with Gasteiger partial charge in [-0.1, -0.05) is 25.5 Å². The van der Waals surface area contributed by atoms with Gasteiger partial charge >= 0.3 is 0 Å². The number of hydrogen-bond acceptors (Lipinski definition) is 2. The quantitative estimate of drug-likeness (QED) is 0.584. The van der Waals surface area contributed by atoms with Gasteiger partial charge in [0.25, 0.3) is 0 Å². The zero-order valence-corrected chi connectivity index (χ0v) is 13.1. The fourth-order valence-corrected chi connectivity index (χ4v) is 2.05. The van der Waals surface area contributed by atoms with Crippen molar-refractivity contribution < 1.29 is 4.74 Å². The van der Waals surface area contributed by atoms with Gasteiger partial charge in [-0.25, -0.2) is 0 Å². The lowest BCUT2D eigenvalue weighted by molar-refractivity contribution is 0.295. The Hall–Kier alpha value is -1.49. The molecule has 2 nitrogen and oxygen atoms in total. The Labute approximate surface area is 123 Å².